The zero-order valence-electron chi connectivity index (χ0n) is 15.7. The van der Waals surface area contributed by atoms with Crippen molar-refractivity contribution in [3.63, 3.8) is 0 Å². The van der Waals surface area contributed by atoms with Crippen molar-refractivity contribution in [2.45, 2.75) is 72.6 Å². The topological polar surface area (TPSA) is 0 Å². The predicted octanol–water partition coefficient (Wildman–Crippen LogP) is 7.63. The van der Waals surface area contributed by atoms with Crippen LogP contribution in [0.25, 0.3) is 0 Å². The number of rotatable bonds is 6. The van der Waals surface area contributed by atoms with Crippen molar-refractivity contribution in [3.8, 4) is 0 Å². The van der Waals surface area contributed by atoms with Gasteiger partial charge < -0.3 is 0 Å². The van der Waals surface area contributed by atoms with Crippen LogP contribution in [0.1, 0.15) is 72.6 Å². The Morgan fingerprint density at radius 3 is 2.26 bits per heavy atom. The molecule has 0 aromatic heterocycles. The average Bonchev–Trinajstić information content (AvgIpc) is 2.93. The highest BCUT2D eigenvalue weighted by Crippen LogP contribution is 2.47. The van der Waals surface area contributed by atoms with E-state index in [4.69, 9.17) is 0 Å². The van der Waals surface area contributed by atoms with Gasteiger partial charge in [-0.25, -0.2) is 0 Å². The van der Waals surface area contributed by atoms with Gasteiger partial charge in [-0.2, -0.15) is 0 Å². The van der Waals surface area contributed by atoms with Gasteiger partial charge in [0.2, 0.25) is 0 Å². The molecule has 0 atom stereocenters. The summed E-state index contributed by atoms with van der Waals surface area (Å²) in [6.45, 7) is 16.4. The molecule has 0 saturated heterocycles. The van der Waals surface area contributed by atoms with E-state index in [0.717, 1.165) is 6.42 Å². The van der Waals surface area contributed by atoms with Crippen LogP contribution in [0.15, 0.2) is 70.9 Å². The molecule has 0 aliphatic heterocycles. The minimum Gasteiger partial charge on any atom is -0.0991 e. The molecule has 0 aromatic rings. The molecule has 23 heavy (non-hydrogen) atoms. The van der Waals surface area contributed by atoms with Gasteiger partial charge in [0, 0.05) is 0 Å². The molecule has 0 saturated carbocycles. The van der Waals surface area contributed by atoms with Crippen LogP contribution in [-0.2, 0) is 0 Å². The van der Waals surface area contributed by atoms with Crippen LogP contribution < -0.4 is 0 Å². The van der Waals surface area contributed by atoms with Gasteiger partial charge in [0.1, 0.15) is 0 Å². The lowest BCUT2D eigenvalue weighted by Gasteiger charge is -2.16. The highest BCUT2D eigenvalue weighted by atomic mass is 14.3. The van der Waals surface area contributed by atoms with Gasteiger partial charge in [0.15, 0.2) is 0 Å². The molecule has 0 amide bonds. The summed E-state index contributed by atoms with van der Waals surface area (Å²) < 4.78 is 0. The maximum atomic E-state index is 4.10. The van der Waals surface area contributed by atoms with Crippen LogP contribution >= 0.6 is 0 Å². The Bertz CT molecular complexity index is 547. The Hall–Kier alpha value is -1.56. The second-order valence-corrected chi connectivity index (χ2v) is 5.89. The molecule has 0 bridgehead atoms. The van der Waals surface area contributed by atoms with Crippen molar-refractivity contribution in [2.24, 2.45) is 0 Å². The predicted molar refractivity (Wildman–Crippen MR) is 106 cm³/mol. The number of hydrogen-bond acceptors (Lipinski definition) is 0. The highest BCUT2D eigenvalue weighted by molar-refractivity contribution is 5.72. The van der Waals surface area contributed by atoms with Gasteiger partial charge in [0.25, 0.3) is 0 Å². The van der Waals surface area contributed by atoms with Crippen LogP contribution in [0.4, 0.5) is 0 Å². The van der Waals surface area contributed by atoms with Crippen molar-refractivity contribution in [1.82, 2.24) is 0 Å². The summed E-state index contributed by atoms with van der Waals surface area (Å²) in [6.07, 6.45) is 17.2. The van der Waals surface area contributed by atoms with Crippen LogP contribution in [0.2, 0.25) is 0 Å². The van der Waals surface area contributed by atoms with Gasteiger partial charge in [-0.05, 0) is 78.9 Å². The fraction of sp³-hybridized carbons (Fsp3) is 0.478. The Labute approximate surface area is 144 Å². The minimum absolute atomic E-state index is 1.13. The summed E-state index contributed by atoms with van der Waals surface area (Å²) in [6, 6.07) is 0. The Morgan fingerprint density at radius 2 is 1.74 bits per heavy atom. The van der Waals surface area contributed by atoms with Gasteiger partial charge in [-0.3, -0.25) is 0 Å². The zero-order valence-corrected chi connectivity index (χ0v) is 15.7. The third-order valence-electron chi connectivity index (χ3n) is 4.59. The van der Waals surface area contributed by atoms with E-state index in [2.05, 4.69) is 45.2 Å². The largest absolute Gasteiger partial charge is 0.0991 e. The fourth-order valence-electron chi connectivity index (χ4n) is 3.64. The molecule has 0 heteroatoms. The first-order valence-electron chi connectivity index (χ1n) is 9.36. The molecule has 126 valence electrons. The Morgan fingerprint density at radius 1 is 1.09 bits per heavy atom. The normalized spacial score (nSPS) is 19.5. The first-order chi connectivity index (χ1) is 11.3. The highest BCUT2D eigenvalue weighted by Gasteiger charge is 2.29. The second kappa shape index (κ2) is 10.3. The SMILES string of the molecule is C=C/C=C(/CCCC)C1=C(C=C)C2=C(CCCC2)/C1=C/C.CC. The molecule has 0 N–H and O–H groups in total. The van der Waals surface area contributed by atoms with E-state index in [0.29, 0.717) is 0 Å². The fourth-order valence-corrected chi connectivity index (χ4v) is 3.64. The van der Waals surface area contributed by atoms with Crippen LogP contribution in [0, 0.1) is 0 Å². The summed E-state index contributed by atoms with van der Waals surface area (Å²) in [5, 5.41) is 0. The van der Waals surface area contributed by atoms with Crippen molar-refractivity contribution in [2.75, 3.05) is 0 Å². The molecule has 0 heterocycles. The lowest BCUT2D eigenvalue weighted by Crippen LogP contribution is -1.98. The molecule has 0 aromatic carbocycles. The molecule has 0 fully saturated rings. The molecule has 2 rings (SSSR count). The number of hydrogen-bond donors (Lipinski definition) is 0. The van der Waals surface area contributed by atoms with Gasteiger partial charge in [-0.15, -0.1) is 0 Å². The summed E-state index contributed by atoms with van der Waals surface area (Å²) >= 11 is 0. The van der Waals surface area contributed by atoms with E-state index in [1.165, 1.54) is 60.8 Å². The molecule has 0 radical (unpaired) electrons. The lowest BCUT2D eigenvalue weighted by molar-refractivity contribution is 0.691. The van der Waals surface area contributed by atoms with E-state index < -0.39 is 0 Å². The van der Waals surface area contributed by atoms with Crippen molar-refractivity contribution in [3.05, 3.63) is 70.9 Å². The minimum atomic E-state index is 1.13. The van der Waals surface area contributed by atoms with E-state index in [1.807, 2.05) is 19.9 Å². The Balaban J connectivity index is 0.00000127. The quantitative estimate of drug-likeness (QED) is 0.442. The van der Waals surface area contributed by atoms with Crippen LogP contribution in [-0.4, -0.2) is 0 Å². The smallest absolute Gasteiger partial charge is 0.00771 e. The van der Waals surface area contributed by atoms with E-state index >= 15 is 0 Å². The molecular formula is C23H34. The number of allylic oxidation sites excluding steroid dienone is 10. The standard InChI is InChI=1S/C21H28.C2H6/c1-5-9-13-16(12-6-2)21-17(7-3)19-14-10-11-15-20(19)18(21)8-4;1-2/h6-8,12H,2-3,5,9-11,13-15H2,1,4H3;1-2H3/b16-12-,18-8-;. The third-order valence-corrected chi connectivity index (χ3v) is 4.59. The molecule has 0 spiro atoms. The van der Waals surface area contributed by atoms with Crippen molar-refractivity contribution < 1.29 is 0 Å². The lowest BCUT2D eigenvalue weighted by atomic mass is 9.88. The van der Waals surface area contributed by atoms with Gasteiger partial charge >= 0.3 is 0 Å². The maximum Gasteiger partial charge on any atom is -0.00771 e. The van der Waals surface area contributed by atoms with Crippen LogP contribution in [0.5, 0.6) is 0 Å². The molecule has 2 aliphatic rings. The zero-order chi connectivity index (χ0) is 17.2. The van der Waals surface area contributed by atoms with E-state index in [-0.39, 0.29) is 0 Å². The summed E-state index contributed by atoms with van der Waals surface area (Å²) in [7, 11) is 0. The molecular weight excluding hydrogens is 276 g/mol. The first kappa shape index (κ1) is 19.5. The van der Waals surface area contributed by atoms with E-state index in [1.54, 1.807) is 11.1 Å². The van der Waals surface area contributed by atoms with Crippen LogP contribution in [0.3, 0.4) is 0 Å². The monoisotopic (exact) mass is 310 g/mol. The summed E-state index contributed by atoms with van der Waals surface area (Å²) in [4.78, 5) is 0. The Kier molecular flexibility index (Phi) is 8.69. The summed E-state index contributed by atoms with van der Waals surface area (Å²) in [5.41, 5.74) is 8.87. The molecule has 0 unspecified atom stereocenters. The number of unbranched alkanes of at least 4 members (excludes halogenated alkanes) is 1. The second-order valence-electron chi connectivity index (χ2n) is 5.89. The van der Waals surface area contributed by atoms with Crippen molar-refractivity contribution >= 4 is 0 Å². The third kappa shape index (κ3) is 4.25. The molecule has 0 nitrogen and oxygen atoms in total. The van der Waals surface area contributed by atoms with E-state index in [9.17, 15) is 0 Å². The summed E-state index contributed by atoms with van der Waals surface area (Å²) in [5.74, 6) is 0. The average molecular weight is 311 g/mol. The van der Waals surface area contributed by atoms with Gasteiger partial charge in [-0.1, -0.05) is 64.7 Å². The molecule has 2 aliphatic carbocycles. The maximum absolute atomic E-state index is 4.10. The van der Waals surface area contributed by atoms with Gasteiger partial charge in [0.05, 0.1) is 0 Å². The van der Waals surface area contributed by atoms with Crippen molar-refractivity contribution in [1.29, 1.82) is 0 Å². The first-order valence-corrected chi connectivity index (χ1v) is 9.36.